The summed E-state index contributed by atoms with van der Waals surface area (Å²) in [5, 5.41) is 71.3. The van der Waals surface area contributed by atoms with Crippen molar-refractivity contribution in [2.24, 2.45) is 50.8 Å². The van der Waals surface area contributed by atoms with Crippen molar-refractivity contribution in [1.82, 2.24) is 63.8 Å². The number of benzene rings is 2. The van der Waals surface area contributed by atoms with Crippen LogP contribution in [0.25, 0.3) is 0 Å². The monoisotopic (exact) mass is 1540 g/mol. The zero-order valence-electron chi connectivity index (χ0n) is 65.3. The smallest absolute Gasteiger partial charge is 0.408 e. The third-order valence-corrected chi connectivity index (χ3v) is 16.5. The number of aliphatic hydroxyl groups excluding tert-OH is 3. The van der Waals surface area contributed by atoms with Crippen molar-refractivity contribution in [2.75, 3.05) is 19.7 Å². The minimum absolute atomic E-state index is 0.0123. The molecule has 0 aliphatic carbocycles. The first-order valence-electron chi connectivity index (χ1n) is 36.1. The lowest BCUT2D eigenvalue weighted by Gasteiger charge is -2.34. The lowest BCUT2D eigenvalue weighted by atomic mass is 9.86. The molecular formula is C73H118N16O20. The highest BCUT2D eigenvalue weighted by Gasteiger charge is 2.43. The number of hydrogen-bond donors (Lipinski definition) is 19. The maximum atomic E-state index is 15.6. The molecule has 0 aromatic heterocycles. The summed E-state index contributed by atoms with van der Waals surface area (Å²) in [5.74, 6) is -15.7. The van der Waals surface area contributed by atoms with Crippen molar-refractivity contribution in [2.45, 2.75) is 247 Å². The van der Waals surface area contributed by atoms with Gasteiger partial charge in [0, 0.05) is 6.54 Å². The number of alkyl carbamates (subject to hydrolysis) is 2. The third kappa shape index (κ3) is 36.0. The molecule has 0 saturated carbocycles. The second kappa shape index (κ2) is 44.9. The van der Waals surface area contributed by atoms with Crippen molar-refractivity contribution in [3.05, 3.63) is 71.8 Å². The third-order valence-electron chi connectivity index (χ3n) is 16.5. The Morgan fingerprint density at radius 3 is 1.49 bits per heavy atom. The number of carbonyl (C=O) groups is 14. The minimum atomic E-state index is -1.98. The lowest BCUT2D eigenvalue weighted by molar-refractivity contribution is -0.143. The van der Waals surface area contributed by atoms with Gasteiger partial charge in [-0.15, -0.1) is 0 Å². The average molecular weight is 1540 g/mol. The quantitative estimate of drug-likeness (QED) is 0.0224. The van der Waals surface area contributed by atoms with Gasteiger partial charge in [0.1, 0.15) is 72.6 Å². The van der Waals surface area contributed by atoms with Crippen LogP contribution >= 0.6 is 0 Å². The second-order valence-electron chi connectivity index (χ2n) is 31.0. The molecule has 14 atom stereocenters. The molecule has 1 unspecified atom stereocenters. The van der Waals surface area contributed by atoms with E-state index in [0.29, 0.717) is 5.56 Å². The molecule has 109 heavy (non-hydrogen) atoms. The van der Waals surface area contributed by atoms with Crippen LogP contribution in [0.4, 0.5) is 9.59 Å². The molecule has 0 spiro atoms. The van der Waals surface area contributed by atoms with Crippen LogP contribution in [0, 0.1) is 28.6 Å². The lowest BCUT2D eigenvalue weighted by Crippen LogP contribution is -2.64. The molecule has 36 nitrogen and oxygen atoms in total. The van der Waals surface area contributed by atoms with Gasteiger partial charge >= 0.3 is 18.2 Å². The van der Waals surface area contributed by atoms with E-state index in [2.05, 4.69) is 63.5 Å². The van der Waals surface area contributed by atoms with Crippen molar-refractivity contribution < 1.29 is 97.0 Å². The van der Waals surface area contributed by atoms with E-state index in [1.807, 2.05) is 26.1 Å². The van der Waals surface area contributed by atoms with E-state index in [4.69, 9.17) is 26.7 Å². The van der Waals surface area contributed by atoms with E-state index >= 15 is 14.4 Å². The average Bonchev–Trinajstić information content (AvgIpc) is 0.811. The van der Waals surface area contributed by atoms with E-state index in [-0.39, 0.29) is 63.2 Å². The maximum absolute atomic E-state index is 15.6. The van der Waals surface area contributed by atoms with Crippen LogP contribution in [0.1, 0.15) is 173 Å². The molecule has 0 fully saturated rings. The number of carboxylic acids is 1. The number of nitrogens with one attached hydrogen (secondary N) is 12. The summed E-state index contributed by atoms with van der Waals surface area (Å²) in [6.45, 7) is 24.2. The number of aliphatic carboxylic acids is 1. The number of amides is 13. The summed E-state index contributed by atoms with van der Waals surface area (Å²) >= 11 is 0. The molecule has 610 valence electrons. The van der Waals surface area contributed by atoms with E-state index in [0.717, 1.165) is 6.92 Å². The van der Waals surface area contributed by atoms with Gasteiger partial charge in [-0.2, -0.15) is 0 Å². The van der Waals surface area contributed by atoms with E-state index in [1.54, 1.807) is 118 Å². The molecule has 36 heteroatoms. The van der Waals surface area contributed by atoms with Crippen LogP contribution in [-0.4, -0.2) is 207 Å². The summed E-state index contributed by atoms with van der Waals surface area (Å²) in [7, 11) is 0. The molecule has 2 rings (SSSR count). The molecule has 0 heterocycles. The number of nitrogens with two attached hydrogens (primary N) is 3. The Hall–Kier alpha value is -10.2. The Bertz CT molecular complexity index is 3410. The van der Waals surface area contributed by atoms with Gasteiger partial charge in [-0.3, -0.25) is 57.7 Å². The van der Waals surface area contributed by atoms with Gasteiger partial charge < -0.3 is 111 Å². The van der Waals surface area contributed by atoms with Gasteiger partial charge in [0.2, 0.25) is 65.0 Å². The van der Waals surface area contributed by atoms with E-state index in [9.17, 15) is 73.2 Å². The van der Waals surface area contributed by atoms with Crippen molar-refractivity contribution >= 4 is 89.1 Å². The molecule has 22 N–H and O–H groups in total. The first kappa shape index (κ1) is 94.8. The largest absolute Gasteiger partial charge is 0.480 e. The zero-order valence-corrected chi connectivity index (χ0v) is 65.3. The van der Waals surface area contributed by atoms with Gasteiger partial charge in [0.25, 0.3) is 0 Å². The SMILES string of the molecule is CC[C@H](C)C(NC(=O)[C@@H](CCCN=C(N)N)NC(=O)[C@H](CC(C)C)NC(=O)[C@@H](NC(=O)[C@@H](NC(=O)[C@H](CC(C)(C)C)NC(=O)[C@@H](CC(C)(C)C)NC(=O)OCc1ccccc1)[C@H](NC(=O)OC(C)(C)C)c1ccccc1)[C@H](O)C(C)C)C(=O)N[C@H](C(=O)NCC(=O)N[C@@H](CC(N)=O)C(=O)N[C@@H](CO)C(=O)O)[C@H](C)O. The van der Waals surface area contributed by atoms with Crippen LogP contribution in [-0.2, 0) is 73.6 Å². The Morgan fingerprint density at radius 1 is 0.514 bits per heavy atom. The standard InChI is InChI=1S/C73H118N16O20/c1-17-40(6)52(64(101)86-53(41(7)91)63(100)78-35-51(93)79-46(32-50(74)92)60(97)83-49(36-90)67(104)105)85-58(95)44(29-24-30-77-68(75)76)80-59(96)45(31-38(2)3)81-66(103)56(57(94)39(4)5)88-65(102)55(54(43-27-22-19-23-28-43)89-70(107)109-73(14,15)16)87-62(99)47(33-71(8,9)10)82-61(98)48(34-72(11,12)13)84-69(106)108-37-42-25-20-18-21-26-42/h18-23,25-28,38-41,44-49,52-57,90-91,94H,17,24,29-37H2,1-16H3,(H2,74,92)(H,78,100)(H,79,93)(H,80,96)(H,81,103)(H,82,98)(H,83,97)(H,84,106)(H,85,95)(H,86,101)(H,87,99)(H,88,102)(H,89,107)(H,104,105)(H4,75,76,77)/t40-,41-,44+,45-,46-,47-,48+,49-,52?,53-,54+,55-,56-,57+/m0/s1. The predicted octanol–water partition coefficient (Wildman–Crippen LogP) is -0.605. The number of rotatable bonds is 43. The van der Waals surface area contributed by atoms with Crippen LogP contribution in [0.2, 0.25) is 0 Å². The maximum Gasteiger partial charge on any atom is 0.408 e. The van der Waals surface area contributed by atoms with Crippen molar-refractivity contribution in [3.63, 3.8) is 0 Å². The Balaban J connectivity index is 2.74. The fraction of sp³-hybridized carbons (Fsp3) is 0.630. The number of aliphatic imine (C=N–C) groups is 1. The van der Waals surface area contributed by atoms with Crippen LogP contribution in [0.15, 0.2) is 65.7 Å². The van der Waals surface area contributed by atoms with Gasteiger partial charge in [0.05, 0.1) is 37.8 Å². The Morgan fingerprint density at radius 2 is 0.982 bits per heavy atom. The first-order valence-corrected chi connectivity index (χ1v) is 36.1. The number of nitrogens with zero attached hydrogens (tertiary/aromatic N) is 1. The zero-order chi connectivity index (χ0) is 83.0. The molecule has 0 aliphatic heterocycles. The number of guanidine groups is 1. The molecule has 0 bridgehead atoms. The topological polar surface area (TPSA) is 573 Å². The number of ether oxygens (including phenoxy) is 2. The summed E-state index contributed by atoms with van der Waals surface area (Å²) in [6.07, 6.45) is -6.48. The highest BCUT2D eigenvalue weighted by Crippen LogP contribution is 2.26. The fourth-order valence-corrected chi connectivity index (χ4v) is 10.8. The normalized spacial score (nSPS) is 15.5. The molecule has 0 radical (unpaired) electrons. The summed E-state index contributed by atoms with van der Waals surface area (Å²) in [6, 6.07) is -1.64. The molecular weight excluding hydrogens is 1420 g/mol. The van der Waals surface area contributed by atoms with Gasteiger partial charge in [0.15, 0.2) is 5.96 Å². The van der Waals surface area contributed by atoms with Crippen LogP contribution in [0.5, 0.6) is 0 Å². The summed E-state index contributed by atoms with van der Waals surface area (Å²) in [5.41, 5.74) is 14.9. The molecule has 0 aliphatic rings. The number of carbonyl (C=O) groups excluding carboxylic acids is 13. The van der Waals surface area contributed by atoms with Crippen LogP contribution < -0.4 is 81.0 Å². The second-order valence-corrected chi connectivity index (χ2v) is 31.0. The highest BCUT2D eigenvalue weighted by molar-refractivity contribution is 6.00. The highest BCUT2D eigenvalue weighted by atomic mass is 16.6. The van der Waals surface area contributed by atoms with Crippen molar-refractivity contribution in [3.8, 4) is 0 Å². The molecule has 0 saturated heterocycles. The number of aliphatic hydroxyl groups is 3. The molecule has 2 aromatic carbocycles. The summed E-state index contributed by atoms with van der Waals surface area (Å²) < 4.78 is 11.1. The number of carboxylic acid groups (broad SMARTS) is 1. The molecule has 13 amide bonds. The van der Waals surface area contributed by atoms with Crippen molar-refractivity contribution in [1.29, 1.82) is 0 Å². The van der Waals surface area contributed by atoms with Crippen LogP contribution in [0.3, 0.4) is 0 Å². The molecule has 2 aromatic rings. The Kier molecular flexibility index (Phi) is 39.1. The summed E-state index contributed by atoms with van der Waals surface area (Å²) in [4.78, 5) is 198. The van der Waals surface area contributed by atoms with Gasteiger partial charge in [-0.05, 0) is 99.5 Å². The number of hydrogen-bond acceptors (Lipinski definition) is 20. The van der Waals surface area contributed by atoms with Gasteiger partial charge in [-0.25, -0.2) is 14.4 Å². The Labute approximate surface area is 636 Å². The fourth-order valence-electron chi connectivity index (χ4n) is 10.8. The van der Waals surface area contributed by atoms with E-state index < -0.39 is 216 Å². The van der Waals surface area contributed by atoms with Gasteiger partial charge in [-0.1, -0.05) is 150 Å². The first-order chi connectivity index (χ1) is 50.6. The minimum Gasteiger partial charge on any atom is -0.480 e. The predicted molar refractivity (Wildman–Crippen MR) is 401 cm³/mol. The number of primary amides is 1. The van der Waals surface area contributed by atoms with E-state index in [1.165, 1.54) is 26.0 Å².